The SMILES string of the molecule is CC(C)=NOCc1ccc(Cl)cc1. The van der Waals surface area contributed by atoms with Gasteiger partial charge in [0.05, 0.1) is 5.71 Å². The third kappa shape index (κ3) is 3.95. The van der Waals surface area contributed by atoms with Crippen LogP contribution in [0.15, 0.2) is 29.4 Å². The molecule has 0 heterocycles. The highest BCUT2D eigenvalue weighted by Crippen LogP contribution is 2.10. The Labute approximate surface area is 83.2 Å². The van der Waals surface area contributed by atoms with Gasteiger partial charge < -0.3 is 4.84 Å². The Morgan fingerprint density at radius 1 is 1.31 bits per heavy atom. The predicted molar refractivity (Wildman–Crippen MR) is 55.0 cm³/mol. The van der Waals surface area contributed by atoms with Gasteiger partial charge in [0.25, 0.3) is 0 Å². The summed E-state index contributed by atoms with van der Waals surface area (Å²) in [6.07, 6.45) is 0. The molecule has 0 N–H and O–H groups in total. The van der Waals surface area contributed by atoms with Gasteiger partial charge in [-0.3, -0.25) is 0 Å². The Hall–Kier alpha value is -1.02. The van der Waals surface area contributed by atoms with E-state index in [1.165, 1.54) is 0 Å². The lowest BCUT2D eigenvalue weighted by Crippen LogP contribution is -1.89. The second-order valence-electron chi connectivity index (χ2n) is 2.94. The molecule has 2 nitrogen and oxygen atoms in total. The number of hydrogen-bond acceptors (Lipinski definition) is 2. The first-order valence-corrected chi connectivity index (χ1v) is 4.44. The molecular weight excluding hydrogens is 186 g/mol. The lowest BCUT2D eigenvalue weighted by molar-refractivity contribution is 0.130. The zero-order chi connectivity index (χ0) is 9.68. The molecule has 0 spiro atoms. The van der Waals surface area contributed by atoms with Gasteiger partial charge in [-0.05, 0) is 31.5 Å². The molecule has 1 aromatic rings. The first-order chi connectivity index (χ1) is 6.18. The Morgan fingerprint density at radius 3 is 2.46 bits per heavy atom. The van der Waals surface area contributed by atoms with Gasteiger partial charge in [-0.1, -0.05) is 28.9 Å². The van der Waals surface area contributed by atoms with Crippen molar-refractivity contribution in [3.05, 3.63) is 34.9 Å². The maximum absolute atomic E-state index is 5.73. The number of benzene rings is 1. The summed E-state index contributed by atoms with van der Waals surface area (Å²) in [7, 11) is 0. The van der Waals surface area contributed by atoms with Crippen molar-refractivity contribution in [2.45, 2.75) is 20.5 Å². The molecule has 0 amide bonds. The zero-order valence-electron chi connectivity index (χ0n) is 7.75. The van der Waals surface area contributed by atoms with Gasteiger partial charge >= 0.3 is 0 Å². The molecule has 70 valence electrons. The lowest BCUT2D eigenvalue weighted by atomic mass is 10.2. The molecule has 0 saturated carbocycles. The first kappa shape index (κ1) is 10.1. The van der Waals surface area contributed by atoms with Crippen LogP contribution in [0.4, 0.5) is 0 Å². The van der Waals surface area contributed by atoms with E-state index in [0.29, 0.717) is 6.61 Å². The van der Waals surface area contributed by atoms with Crippen LogP contribution in [0.5, 0.6) is 0 Å². The molecule has 0 radical (unpaired) electrons. The molecule has 1 rings (SSSR count). The van der Waals surface area contributed by atoms with Crippen molar-refractivity contribution in [2.24, 2.45) is 5.16 Å². The molecule has 0 fully saturated rings. The Morgan fingerprint density at radius 2 is 1.92 bits per heavy atom. The van der Waals surface area contributed by atoms with E-state index < -0.39 is 0 Å². The van der Waals surface area contributed by atoms with Gasteiger partial charge in [0, 0.05) is 5.02 Å². The van der Waals surface area contributed by atoms with Crippen molar-refractivity contribution in [2.75, 3.05) is 0 Å². The van der Waals surface area contributed by atoms with Gasteiger partial charge in [0.2, 0.25) is 0 Å². The Balaban J connectivity index is 2.46. The van der Waals surface area contributed by atoms with E-state index in [1.54, 1.807) is 0 Å². The lowest BCUT2D eigenvalue weighted by Gasteiger charge is -1.99. The third-order valence-corrected chi connectivity index (χ3v) is 1.64. The predicted octanol–water partition coefficient (Wildman–Crippen LogP) is 3.25. The number of nitrogens with zero attached hydrogens (tertiary/aromatic N) is 1. The molecule has 0 aliphatic heterocycles. The fraction of sp³-hybridized carbons (Fsp3) is 0.300. The molecule has 3 heteroatoms. The summed E-state index contributed by atoms with van der Waals surface area (Å²) < 4.78 is 0. The van der Waals surface area contributed by atoms with Crippen LogP contribution in [-0.4, -0.2) is 5.71 Å². The summed E-state index contributed by atoms with van der Waals surface area (Å²) in [6.45, 7) is 4.27. The number of hydrogen-bond donors (Lipinski definition) is 0. The average molecular weight is 198 g/mol. The van der Waals surface area contributed by atoms with Crippen molar-refractivity contribution in [3.63, 3.8) is 0 Å². The minimum atomic E-state index is 0.488. The summed E-state index contributed by atoms with van der Waals surface area (Å²) in [5.41, 5.74) is 1.98. The van der Waals surface area contributed by atoms with Crippen LogP contribution >= 0.6 is 11.6 Å². The molecule has 1 aromatic carbocycles. The quantitative estimate of drug-likeness (QED) is 0.539. The highest BCUT2D eigenvalue weighted by Gasteiger charge is 1.92. The van der Waals surface area contributed by atoms with E-state index in [9.17, 15) is 0 Å². The van der Waals surface area contributed by atoms with Gasteiger partial charge in [-0.25, -0.2) is 0 Å². The summed E-state index contributed by atoms with van der Waals surface area (Å²) in [6, 6.07) is 7.51. The second kappa shape index (κ2) is 4.87. The van der Waals surface area contributed by atoms with Gasteiger partial charge in [-0.15, -0.1) is 0 Å². The molecule has 0 atom stereocenters. The largest absolute Gasteiger partial charge is 0.391 e. The van der Waals surface area contributed by atoms with Crippen LogP contribution in [0.1, 0.15) is 19.4 Å². The zero-order valence-corrected chi connectivity index (χ0v) is 8.51. The molecular formula is C10H12ClNO. The van der Waals surface area contributed by atoms with Gasteiger partial charge in [0.1, 0.15) is 6.61 Å². The van der Waals surface area contributed by atoms with Crippen molar-refractivity contribution in [1.29, 1.82) is 0 Å². The molecule has 13 heavy (non-hydrogen) atoms. The smallest absolute Gasteiger partial charge is 0.142 e. The summed E-state index contributed by atoms with van der Waals surface area (Å²) in [4.78, 5) is 5.07. The van der Waals surface area contributed by atoms with Crippen molar-refractivity contribution >= 4 is 17.3 Å². The van der Waals surface area contributed by atoms with E-state index in [0.717, 1.165) is 16.3 Å². The molecule has 0 unspecified atom stereocenters. The molecule has 0 saturated heterocycles. The minimum absolute atomic E-state index is 0.488. The van der Waals surface area contributed by atoms with Crippen LogP contribution in [-0.2, 0) is 11.4 Å². The van der Waals surface area contributed by atoms with E-state index in [1.807, 2.05) is 38.1 Å². The molecule has 0 aromatic heterocycles. The summed E-state index contributed by atoms with van der Waals surface area (Å²) >= 11 is 5.73. The van der Waals surface area contributed by atoms with Gasteiger partial charge in [0.15, 0.2) is 0 Å². The van der Waals surface area contributed by atoms with Crippen molar-refractivity contribution in [3.8, 4) is 0 Å². The number of halogens is 1. The van der Waals surface area contributed by atoms with Crippen molar-refractivity contribution in [1.82, 2.24) is 0 Å². The highest BCUT2D eigenvalue weighted by molar-refractivity contribution is 6.30. The second-order valence-corrected chi connectivity index (χ2v) is 3.37. The fourth-order valence-electron chi connectivity index (χ4n) is 0.817. The Bertz CT molecular complexity index is 288. The maximum atomic E-state index is 5.73. The van der Waals surface area contributed by atoms with E-state index in [2.05, 4.69) is 5.16 Å². The summed E-state index contributed by atoms with van der Waals surface area (Å²) in [5, 5.41) is 4.56. The van der Waals surface area contributed by atoms with Crippen LogP contribution in [0, 0.1) is 0 Å². The van der Waals surface area contributed by atoms with Crippen LogP contribution < -0.4 is 0 Å². The minimum Gasteiger partial charge on any atom is -0.391 e. The first-order valence-electron chi connectivity index (χ1n) is 4.06. The van der Waals surface area contributed by atoms with E-state index >= 15 is 0 Å². The Kier molecular flexibility index (Phi) is 3.77. The third-order valence-electron chi connectivity index (χ3n) is 1.39. The van der Waals surface area contributed by atoms with E-state index in [-0.39, 0.29) is 0 Å². The standard InChI is InChI=1S/C10H12ClNO/c1-8(2)12-13-7-9-3-5-10(11)6-4-9/h3-6H,7H2,1-2H3. The summed E-state index contributed by atoms with van der Waals surface area (Å²) in [5.74, 6) is 0. The maximum Gasteiger partial charge on any atom is 0.142 e. The number of oxime groups is 1. The highest BCUT2D eigenvalue weighted by atomic mass is 35.5. The monoisotopic (exact) mass is 197 g/mol. The van der Waals surface area contributed by atoms with Gasteiger partial charge in [-0.2, -0.15) is 0 Å². The number of rotatable bonds is 3. The average Bonchev–Trinajstić information content (AvgIpc) is 2.08. The van der Waals surface area contributed by atoms with Crippen LogP contribution in [0.3, 0.4) is 0 Å². The molecule has 0 aliphatic carbocycles. The topological polar surface area (TPSA) is 21.6 Å². The normalized spacial score (nSPS) is 9.46. The van der Waals surface area contributed by atoms with Crippen LogP contribution in [0.2, 0.25) is 5.02 Å². The molecule has 0 aliphatic rings. The van der Waals surface area contributed by atoms with Crippen LogP contribution in [0.25, 0.3) is 0 Å². The van der Waals surface area contributed by atoms with Crippen molar-refractivity contribution < 1.29 is 4.84 Å². The van der Waals surface area contributed by atoms with E-state index in [4.69, 9.17) is 16.4 Å². The molecule has 0 bridgehead atoms. The fourth-order valence-corrected chi connectivity index (χ4v) is 0.943.